The number of benzene rings is 1. The summed E-state index contributed by atoms with van der Waals surface area (Å²) in [5, 5.41) is 4.02. The Bertz CT molecular complexity index is 1020. The molecule has 2 aromatic heterocycles. The molecule has 0 spiro atoms. The Kier molecular flexibility index (Phi) is 5.84. The van der Waals surface area contributed by atoms with E-state index < -0.39 is 0 Å². The van der Waals surface area contributed by atoms with Crippen LogP contribution in [0, 0.1) is 6.92 Å². The Morgan fingerprint density at radius 3 is 2.82 bits per heavy atom. The summed E-state index contributed by atoms with van der Waals surface area (Å²) in [6, 6.07) is 7.74. The maximum atomic E-state index is 13.3. The highest BCUT2D eigenvalue weighted by Gasteiger charge is 2.25. The summed E-state index contributed by atoms with van der Waals surface area (Å²) in [7, 11) is 2.23. The molecule has 1 aliphatic heterocycles. The number of carbonyl (C=O) groups excluding carboxylic acids is 1. The number of likely N-dealkylation sites (tertiary alicyclic amines) is 1. The third kappa shape index (κ3) is 3.63. The Labute approximate surface area is 179 Å². The fourth-order valence-corrected chi connectivity index (χ4v) is 5.81. The van der Waals surface area contributed by atoms with Gasteiger partial charge in [0.05, 0.1) is 10.6 Å². The molecule has 0 aliphatic carbocycles. The zero-order valence-electron chi connectivity index (χ0n) is 16.2. The highest BCUT2D eigenvalue weighted by Crippen LogP contribution is 2.34. The van der Waals surface area contributed by atoms with Gasteiger partial charge in [0.1, 0.15) is 4.83 Å². The minimum Gasteiger partial charge on any atom is -0.336 e. The van der Waals surface area contributed by atoms with Gasteiger partial charge in [-0.1, -0.05) is 29.6 Å². The minimum atomic E-state index is -0.0314. The van der Waals surface area contributed by atoms with E-state index >= 15 is 0 Å². The summed E-state index contributed by atoms with van der Waals surface area (Å²) in [5.41, 5.74) is 2.29. The van der Waals surface area contributed by atoms with Crippen LogP contribution < -0.4 is 0 Å². The van der Waals surface area contributed by atoms with E-state index in [1.807, 2.05) is 13.0 Å². The van der Waals surface area contributed by atoms with E-state index in [1.165, 1.54) is 30.6 Å². The lowest BCUT2D eigenvalue weighted by molar-refractivity contribution is 0.103. The summed E-state index contributed by atoms with van der Waals surface area (Å²) in [4.78, 5) is 17.0. The molecular formula is C22H24Cl2N2OS. The first kappa shape index (κ1) is 20.0. The van der Waals surface area contributed by atoms with E-state index in [0.29, 0.717) is 21.7 Å². The van der Waals surface area contributed by atoms with Crippen molar-refractivity contribution >= 4 is 50.5 Å². The van der Waals surface area contributed by atoms with Crippen molar-refractivity contribution in [2.24, 2.45) is 0 Å². The van der Waals surface area contributed by atoms with Gasteiger partial charge >= 0.3 is 0 Å². The molecule has 1 atom stereocenters. The number of aryl methyl sites for hydroxylation is 1. The molecule has 148 valence electrons. The first-order valence-electron chi connectivity index (χ1n) is 9.73. The van der Waals surface area contributed by atoms with Crippen LogP contribution in [0.1, 0.15) is 47.3 Å². The van der Waals surface area contributed by atoms with Gasteiger partial charge in [0, 0.05) is 34.3 Å². The van der Waals surface area contributed by atoms with E-state index in [4.69, 9.17) is 23.2 Å². The van der Waals surface area contributed by atoms with Crippen molar-refractivity contribution in [3.63, 3.8) is 0 Å². The lowest BCUT2D eigenvalue weighted by Gasteiger charge is -2.32. The van der Waals surface area contributed by atoms with Gasteiger partial charge in [-0.25, -0.2) is 0 Å². The largest absolute Gasteiger partial charge is 0.336 e. The Morgan fingerprint density at radius 1 is 1.25 bits per heavy atom. The number of fused-ring (bicyclic) bond motifs is 1. The second kappa shape index (κ2) is 8.19. The van der Waals surface area contributed by atoms with Crippen LogP contribution >= 0.6 is 34.5 Å². The molecule has 0 bridgehead atoms. The fourth-order valence-electron chi connectivity index (χ4n) is 4.33. The summed E-state index contributed by atoms with van der Waals surface area (Å²) in [5.74, 6) is -0.0314. The van der Waals surface area contributed by atoms with E-state index in [1.54, 1.807) is 29.5 Å². The van der Waals surface area contributed by atoms with Crippen LogP contribution in [0.4, 0.5) is 0 Å². The number of hydrogen-bond acceptors (Lipinski definition) is 3. The number of halogens is 2. The van der Waals surface area contributed by atoms with Gasteiger partial charge in [0.2, 0.25) is 0 Å². The van der Waals surface area contributed by atoms with Gasteiger partial charge in [-0.3, -0.25) is 4.79 Å². The van der Waals surface area contributed by atoms with Crippen molar-refractivity contribution in [3.05, 3.63) is 56.5 Å². The lowest BCUT2D eigenvalue weighted by Crippen LogP contribution is -2.36. The average molecular weight is 435 g/mol. The number of ketones is 1. The van der Waals surface area contributed by atoms with Crippen LogP contribution in [0.2, 0.25) is 10.0 Å². The van der Waals surface area contributed by atoms with Crippen molar-refractivity contribution in [2.45, 2.75) is 45.2 Å². The number of aromatic nitrogens is 1. The highest BCUT2D eigenvalue weighted by molar-refractivity contribution is 7.16. The van der Waals surface area contributed by atoms with Crippen molar-refractivity contribution in [1.82, 2.24) is 9.47 Å². The number of carbonyl (C=O) groups is 1. The van der Waals surface area contributed by atoms with Crippen LogP contribution in [0.25, 0.3) is 10.2 Å². The number of thiophene rings is 1. The molecule has 1 saturated heterocycles. The summed E-state index contributed by atoms with van der Waals surface area (Å²) in [6.07, 6.45) is 4.98. The van der Waals surface area contributed by atoms with Gasteiger partial charge in [-0.05, 0) is 69.4 Å². The highest BCUT2D eigenvalue weighted by atomic mass is 35.5. The van der Waals surface area contributed by atoms with E-state index in [9.17, 15) is 4.79 Å². The third-order valence-electron chi connectivity index (χ3n) is 5.94. The number of hydrogen-bond donors (Lipinski definition) is 0. The van der Waals surface area contributed by atoms with Crippen LogP contribution in [0.3, 0.4) is 0 Å². The maximum Gasteiger partial charge on any atom is 0.196 e. The predicted octanol–water partition coefficient (Wildman–Crippen LogP) is 6.42. The van der Waals surface area contributed by atoms with Crippen molar-refractivity contribution in [2.75, 3.05) is 13.6 Å². The quantitative estimate of drug-likeness (QED) is 0.432. The smallest absolute Gasteiger partial charge is 0.196 e. The van der Waals surface area contributed by atoms with Crippen LogP contribution in [0.5, 0.6) is 0 Å². The maximum absolute atomic E-state index is 13.3. The zero-order chi connectivity index (χ0) is 19.8. The Balaban J connectivity index is 1.67. The van der Waals surface area contributed by atoms with Crippen molar-refractivity contribution < 1.29 is 4.79 Å². The second-order valence-electron chi connectivity index (χ2n) is 7.62. The van der Waals surface area contributed by atoms with Crippen molar-refractivity contribution in [1.29, 1.82) is 0 Å². The van der Waals surface area contributed by atoms with E-state index in [0.717, 1.165) is 29.6 Å². The SMILES string of the molecule is Cc1c(C(=O)c2ccc(Cl)cc2Cl)c2ccsc2n1CCC1CCCCN1C. The van der Waals surface area contributed by atoms with Crippen LogP contribution in [-0.4, -0.2) is 34.9 Å². The summed E-state index contributed by atoms with van der Waals surface area (Å²) in [6.45, 7) is 4.16. The van der Waals surface area contributed by atoms with Crippen LogP contribution in [0.15, 0.2) is 29.6 Å². The van der Waals surface area contributed by atoms with Gasteiger partial charge < -0.3 is 9.47 Å². The van der Waals surface area contributed by atoms with E-state index in [2.05, 4.69) is 21.9 Å². The number of rotatable bonds is 5. The molecule has 28 heavy (non-hydrogen) atoms. The molecule has 0 radical (unpaired) electrons. The zero-order valence-corrected chi connectivity index (χ0v) is 18.5. The van der Waals surface area contributed by atoms with Gasteiger partial charge in [-0.2, -0.15) is 0 Å². The third-order valence-corrected chi connectivity index (χ3v) is 7.42. The molecule has 3 aromatic rings. The summed E-state index contributed by atoms with van der Waals surface area (Å²) >= 11 is 14.0. The van der Waals surface area contributed by atoms with Crippen LogP contribution in [-0.2, 0) is 6.54 Å². The van der Waals surface area contributed by atoms with E-state index in [-0.39, 0.29) is 5.78 Å². The fraction of sp³-hybridized carbons (Fsp3) is 0.409. The van der Waals surface area contributed by atoms with Crippen molar-refractivity contribution in [3.8, 4) is 0 Å². The molecule has 6 heteroatoms. The van der Waals surface area contributed by atoms with Gasteiger partial charge in [0.25, 0.3) is 0 Å². The molecule has 0 amide bonds. The predicted molar refractivity (Wildman–Crippen MR) is 119 cm³/mol. The first-order chi connectivity index (χ1) is 13.5. The monoisotopic (exact) mass is 434 g/mol. The summed E-state index contributed by atoms with van der Waals surface area (Å²) < 4.78 is 2.32. The molecule has 3 nitrogen and oxygen atoms in total. The second-order valence-corrected chi connectivity index (χ2v) is 9.36. The molecule has 1 fully saturated rings. The molecule has 4 rings (SSSR count). The lowest BCUT2D eigenvalue weighted by atomic mass is 10.00. The minimum absolute atomic E-state index is 0.0314. The Morgan fingerprint density at radius 2 is 2.07 bits per heavy atom. The molecule has 1 aliphatic rings. The topological polar surface area (TPSA) is 25.2 Å². The molecule has 3 heterocycles. The molecule has 1 aromatic carbocycles. The number of piperidine rings is 1. The molecular weight excluding hydrogens is 411 g/mol. The van der Waals surface area contributed by atoms with Gasteiger partial charge in [-0.15, -0.1) is 11.3 Å². The Hall–Kier alpha value is -1.33. The molecule has 0 saturated carbocycles. The van der Waals surface area contributed by atoms with Gasteiger partial charge in [0.15, 0.2) is 5.78 Å². The first-order valence-corrected chi connectivity index (χ1v) is 11.4. The molecule has 0 N–H and O–H groups in total. The number of nitrogens with zero attached hydrogens (tertiary/aromatic N) is 2. The normalized spacial score (nSPS) is 18.1. The average Bonchev–Trinajstić information content (AvgIpc) is 3.21. The molecule has 1 unspecified atom stereocenters. The standard InChI is InChI=1S/C22H24Cl2N2OS/c1-14-20(21(27)17-7-6-15(23)13-19(17)24)18-9-12-28-22(18)26(14)11-8-16-5-3-4-10-25(16)2/h6-7,9,12-13,16H,3-5,8,10-11H2,1-2H3.